The van der Waals surface area contributed by atoms with Gasteiger partial charge >= 0.3 is 5.97 Å². The number of carbonyl (C=O) groups is 1. The van der Waals surface area contributed by atoms with Crippen LogP contribution in [-0.2, 0) is 26.2 Å². The van der Waals surface area contributed by atoms with Crippen LogP contribution in [0.1, 0.15) is 21.5 Å². The highest BCUT2D eigenvalue weighted by atomic mass is 35.5. The van der Waals surface area contributed by atoms with Crippen LogP contribution in [0.5, 0.6) is 0 Å². The fourth-order valence-corrected chi connectivity index (χ4v) is 3.45. The molecule has 8 heteroatoms. The number of nitrogens with zero attached hydrogens (tertiary/aromatic N) is 1. The van der Waals surface area contributed by atoms with Crippen LogP contribution < -0.4 is 0 Å². The van der Waals surface area contributed by atoms with Gasteiger partial charge in [-0.25, -0.2) is 13.2 Å². The van der Waals surface area contributed by atoms with E-state index < -0.39 is 16.0 Å². The van der Waals surface area contributed by atoms with Crippen LogP contribution in [0.25, 0.3) is 0 Å². The second kappa shape index (κ2) is 7.97. The number of hydrogen-bond donors (Lipinski definition) is 0. The van der Waals surface area contributed by atoms with Crippen molar-refractivity contribution in [3.63, 3.8) is 0 Å². The van der Waals surface area contributed by atoms with Crippen molar-refractivity contribution in [2.24, 2.45) is 0 Å². The first-order valence-electron chi connectivity index (χ1n) is 7.31. The molecule has 25 heavy (non-hydrogen) atoms. The van der Waals surface area contributed by atoms with E-state index in [1.807, 2.05) is 31.2 Å². The summed E-state index contributed by atoms with van der Waals surface area (Å²) in [6.45, 7) is 2.05. The number of hydroxylamine groups is 1. The minimum Gasteiger partial charge on any atom is -0.457 e. The van der Waals surface area contributed by atoms with Gasteiger partial charge in [0.05, 0.1) is 17.7 Å². The van der Waals surface area contributed by atoms with E-state index in [0.717, 1.165) is 11.1 Å². The van der Waals surface area contributed by atoms with Gasteiger partial charge < -0.3 is 4.74 Å². The lowest BCUT2D eigenvalue weighted by Gasteiger charge is -2.15. The minimum absolute atomic E-state index is 0.0148. The van der Waals surface area contributed by atoms with Crippen molar-refractivity contribution >= 4 is 27.6 Å². The molecule has 2 aromatic carbocycles. The van der Waals surface area contributed by atoms with E-state index in [1.54, 1.807) is 0 Å². The van der Waals surface area contributed by atoms with E-state index in [2.05, 4.69) is 0 Å². The van der Waals surface area contributed by atoms with Crippen LogP contribution in [0.4, 0.5) is 0 Å². The van der Waals surface area contributed by atoms with E-state index in [-0.39, 0.29) is 22.1 Å². The van der Waals surface area contributed by atoms with Crippen molar-refractivity contribution in [3.8, 4) is 0 Å². The first-order chi connectivity index (χ1) is 11.8. The molecule has 0 amide bonds. The summed E-state index contributed by atoms with van der Waals surface area (Å²) in [7, 11) is -1.53. The Kier molecular flexibility index (Phi) is 6.18. The van der Waals surface area contributed by atoms with Gasteiger partial charge in [0.25, 0.3) is 10.0 Å². The lowest BCUT2D eigenvalue weighted by Crippen LogP contribution is -2.26. The Bertz CT molecular complexity index is 865. The van der Waals surface area contributed by atoms with Crippen molar-refractivity contribution in [2.75, 3.05) is 14.2 Å². The predicted octanol–water partition coefficient (Wildman–Crippen LogP) is 3.19. The number of aryl methyl sites for hydroxylation is 1. The van der Waals surface area contributed by atoms with Gasteiger partial charge in [0.15, 0.2) is 0 Å². The lowest BCUT2D eigenvalue weighted by atomic mass is 10.2. The summed E-state index contributed by atoms with van der Waals surface area (Å²) in [5.41, 5.74) is 2.02. The molecule has 0 atom stereocenters. The number of esters is 1. The summed E-state index contributed by atoms with van der Waals surface area (Å²) in [6, 6.07) is 11.5. The SMILES string of the molecule is CON(C)S(=O)(=O)c1cc(C(=O)OCc2ccc(C)cc2)ccc1Cl. The predicted molar refractivity (Wildman–Crippen MR) is 93.7 cm³/mol. The highest BCUT2D eigenvalue weighted by Crippen LogP contribution is 2.25. The number of carbonyl (C=O) groups excluding carboxylic acids is 1. The number of ether oxygens (including phenoxy) is 1. The molecule has 0 unspecified atom stereocenters. The van der Waals surface area contributed by atoms with Crippen LogP contribution in [0.3, 0.4) is 0 Å². The van der Waals surface area contributed by atoms with Gasteiger partial charge in [0.1, 0.15) is 11.5 Å². The molecule has 0 aromatic heterocycles. The molecule has 0 N–H and O–H groups in total. The van der Waals surface area contributed by atoms with Crippen LogP contribution in [-0.4, -0.2) is 33.0 Å². The first kappa shape index (κ1) is 19.4. The van der Waals surface area contributed by atoms with Crippen LogP contribution in [0.2, 0.25) is 5.02 Å². The number of hydrogen-bond acceptors (Lipinski definition) is 5. The molecular weight excluding hydrogens is 366 g/mol. The molecule has 134 valence electrons. The normalized spacial score (nSPS) is 11.6. The number of rotatable bonds is 6. The van der Waals surface area contributed by atoms with E-state index in [1.165, 1.54) is 32.4 Å². The maximum absolute atomic E-state index is 12.3. The van der Waals surface area contributed by atoms with Crippen molar-refractivity contribution < 1.29 is 22.8 Å². The molecule has 0 aliphatic heterocycles. The Hall–Kier alpha value is -1.93. The van der Waals surface area contributed by atoms with Gasteiger partial charge in [-0.2, -0.15) is 0 Å². The van der Waals surface area contributed by atoms with Gasteiger partial charge in [-0.3, -0.25) is 4.84 Å². The summed E-state index contributed by atoms with van der Waals surface area (Å²) >= 11 is 5.96. The fourth-order valence-electron chi connectivity index (χ4n) is 1.98. The Labute approximate surface area is 151 Å². The third kappa shape index (κ3) is 4.58. The van der Waals surface area contributed by atoms with Gasteiger partial charge in [-0.1, -0.05) is 45.9 Å². The van der Waals surface area contributed by atoms with Crippen LogP contribution in [0, 0.1) is 6.92 Å². The van der Waals surface area contributed by atoms with E-state index in [0.29, 0.717) is 4.47 Å². The molecule has 0 fully saturated rings. The standard InChI is InChI=1S/C17H18ClNO5S/c1-12-4-6-13(7-5-12)11-24-17(20)14-8-9-15(18)16(10-14)25(21,22)19(2)23-3/h4-10H,11H2,1-3H3. The number of benzene rings is 2. The minimum atomic E-state index is -3.98. The largest absolute Gasteiger partial charge is 0.457 e. The van der Waals surface area contributed by atoms with Crippen molar-refractivity contribution in [1.29, 1.82) is 0 Å². The zero-order chi connectivity index (χ0) is 18.6. The summed E-state index contributed by atoms with van der Waals surface area (Å²) in [5, 5.41) is -0.0148. The lowest BCUT2D eigenvalue weighted by molar-refractivity contribution is -0.0258. The Balaban J connectivity index is 2.21. The molecular formula is C17H18ClNO5S. The van der Waals surface area contributed by atoms with E-state index >= 15 is 0 Å². The Morgan fingerprint density at radius 1 is 1.16 bits per heavy atom. The van der Waals surface area contributed by atoms with Crippen molar-refractivity contribution in [2.45, 2.75) is 18.4 Å². The maximum Gasteiger partial charge on any atom is 0.338 e. The molecule has 0 aliphatic rings. The second-order valence-electron chi connectivity index (χ2n) is 5.30. The summed E-state index contributed by atoms with van der Waals surface area (Å²) in [4.78, 5) is 16.7. The molecule has 0 bridgehead atoms. The molecule has 0 saturated carbocycles. The van der Waals surface area contributed by atoms with Crippen LogP contribution in [0.15, 0.2) is 47.4 Å². The van der Waals surface area contributed by atoms with Gasteiger partial charge in [-0.05, 0) is 30.7 Å². The maximum atomic E-state index is 12.3. The Morgan fingerprint density at radius 3 is 2.40 bits per heavy atom. The zero-order valence-electron chi connectivity index (χ0n) is 14.0. The van der Waals surface area contributed by atoms with Gasteiger partial charge in [0, 0.05) is 7.05 Å². The molecule has 2 aromatic rings. The molecule has 0 aliphatic carbocycles. The highest BCUT2D eigenvalue weighted by Gasteiger charge is 2.25. The average molecular weight is 384 g/mol. The summed E-state index contributed by atoms with van der Waals surface area (Å²) in [6.07, 6.45) is 0. The van der Waals surface area contributed by atoms with Gasteiger partial charge in [-0.15, -0.1) is 0 Å². The Morgan fingerprint density at radius 2 is 1.80 bits per heavy atom. The quantitative estimate of drug-likeness (QED) is 0.565. The molecule has 0 saturated heterocycles. The van der Waals surface area contributed by atoms with Crippen molar-refractivity contribution in [3.05, 3.63) is 64.2 Å². The zero-order valence-corrected chi connectivity index (χ0v) is 15.6. The third-order valence-electron chi connectivity index (χ3n) is 3.53. The number of halogens is 1. The highest BCUT2D eigenvalue weighted by molar-refractivity contribution is 7.89. The van der Waals surface area contributed by atoms with Crippen molar-refractivity contribution in [1.82, 2.24) is 4.47 Å². The molecule has 0 spiro atoms. The summed E-state index contributed by atoms with van der Waals surface area (Å²) in [5.74, 6) is -0.645. The topological polar surface area (TPSA) is 72.9 Å². The molecule has 0 heterocycles. The van der Waals surface area contributed by atoms with Gasteiger partial charge in [0.2, 0.25) is 0 Å². The molecule has 2 rings (SSSR count). The van der Waals surface area contributed by atoms with E-state index in [9.17, 15) is 13.2 Å². The summed E-state index contributed by atoms with van der Waals surface area (Å²) < 4.78 is 30.6. The smallest absolute Gasteiger partial charge is 0.338 e. The first-order valence-corrected chi connectivity index (χ1v) is 9.12. The monoisotopic (exact) mass is 383 g/mol. The average Bonchev–Trinajstić information content (AvgIpc) is 2.60. The molecule has 0 radical (unpaired) electrons. The van der Waals surface area contributed by atoms with Crippen LogP contribution >= 0.6 is 11.6 Å². The van der Waals surface area contributed by atoms with E-state index in [4.69, 9.17) is 21.2 Å². The second-order valence-corrected chi connectivity index (χ2v) is 7.62. The fraction of sp³-hybridized carbons (Fsp3) is 0.235. The number of sulfonamides is 1. The third-order valence-corrected chi connectivity index (χ3v) is 5.69. The molecule has 6 nitrogen and oxygen atoms in total.